The second-order valence-corrected chi connectivity index (χ2v) is 4.37. The van der Waals surface area contributed by atoms with E-state index in [1.807, 2.05) is 12.1 Å². The molecule has 0 bridgehead atoms. The highest BCUT2D eigenvalue weighted by Gasteiger charge is 2.08. The molecule has 0 aliphatic rings. The Hall–Kier alpha value is -2.75. The number of anilines is 1. The average molecular weight is 265 g/mol. The number of aromatic nitrogens is 2. The topological polar surface area (TPSA) is 51.8 Å². The zero-order chi connectivity index (χ0) is 13.9. The molecule has 0 saturated heterocycles. The van der Waals surface area contributed by atoms with Crippen molar-refractivity contribution in [2.24, 2.45) is 0 Å². The van der Waals surface area contributed by atoms with Gasteiger partial charge in [-0.25, -0.2) is 14.4 Å². The van der Waals surface area contributed by atoms with Crippen molar-refractivity contribution < 1.29 is 4.39 Å². The molecular formula is C16H12FN3. The van der Waals surface area contributed by atoms with Crippen molar-refractivity contribution in [2.45, 2.75) is 0 Å². The van der Waals surface area contributed by atoms with E-state index < -0.39 is 0 Å². The molecule has 4 heteroatoms. The summed E-state index contributed by atoms with van der Waals surface area (Å²) in [5, 5.41) is 0. The molecule has 3 rings (SSSR count). The first-order valence-corrected chi connectivity index (χ1v) is 6.18. The van der Waals surface area contributed by atoms with Crippen molar-refractivity contribution in [3.63, 3.8) is 0 Å². The van der Waals surface area contributed by atoms with Gasteiger partial charge in [-0.05, 0) is 42.5 Å². The zero-order valence-electron chi connectivity index (χ0n) is 10.6. The molecule has 0 spiro atoms. The molecular weight excluding hydrogens is 253 g/mol. The molecule has 0 saturated carbocycles. The third-order valence-corrected chi connectivity index (χ3v) is 2.97. The van der Waals surface area contributed by atoms with Gasteiger partial charge in [0, 0.05) is 23.0 Å². The molecule has 0 fully saturated rings. The molecule has 2 N–H and O–H groups in total. The van der Waals surface area contributed by atoms with Crippen LogP contribution in [-0.2, 0) is 0 Å². The lowest BCUT2D eigenvalue weighted by atomic mass is 10.1. The third kappa shape index (κ3) is 2.36. The minimum atomic E-state index is -0.297. The molecule has 20 heavy (non-hydrogen) atoms. The molecule has 3 aromatic rings. The Morgan fingerprint density at radius 2 is 1.65 bits per heavy atom. The van der Waals surface area contributed by atoms with Gasteiger partial charge in [0.25, 0.3) is 0 Å². The van der Waals surface area contributed by atoms with E-state index in [9.17, 15) is 4.39 Å². The molecule has 0 radical (unpaired) electrons. The summed E-state index contributed by atoms with van der Waals surface area (Å²) in [5.41, 5.74) is 8.20. The number of benzene rings is 2. The number of rotatable bonds is 2. The summed E-state index contributed by atoms with van der Waals surface area (Å²) in [6, 6.07) is 15.5. The van der Waals surface area contributed by atoms with Crippen LogP contribution >= 0.6 is 0 Å². The van der Waals surface area contributed by atoms with Crippen molar-refractivity contribution in [1.29, 1.82) is 0 Å². The number of nitrogens with two attached hydrogens (primary N) is 1. The van der Waals surface area contributed by atoms with E-state index in [0.29, 0.717) is 22.8 Å². The lowest BCUT2D eigenvalue weighted by Crippen LogP contribution is -1.93. The van der Waals surface area contributed by atoms with Crippen LogP contribution in [0.4, 0.5) is 10.1 Å². The van der Waals surface area contributed by atoms with Crippen LogP contribution in [0.15, 0.2) is 60.8 Å². The maximum Gasteiger partial charge on any atom is 0.159 e. The standard InChI is InChI=1S/C16H12FN3/c17-14-4-2-1-3-13(14)15-9-10-19-16(20-15)11-5-7-12(18)8-6-11/h1-10H,18H2. The van der Waals surface area contributed by atoms with Gasteiger partial charge in [0.15, 0.2) is 5.82 Å². The third-order valence-electron chi connectivity index (χ3n) is 2.97. The zero-order valence-corrected chi connectivity index (χ0v) is 10.6. The second-order valence-electron chi connectivity index (χ2n) is 4.37. The van der Waals surface area contributed by atoms with Crippen LogP contribution in [0.2, 0.25) is 0 Å². The van der Waals surface area contributed by atoms with Crippen LogP contribution in [0.3, 0.4) is 0 Å². The lowest BCUT2D eigenvalue weighted by Gasteiger charge is -2.05. The largest absolute Gasteiger partial charge is 0.399 e. The SMILES string of the molecule is Nc1ccc(-c2nccc(-c3ccccc3F)n2)cc1. The first-order chi connectivity index (χ1) is 9.74. The predicted molar refractivity (Wildman–Crippen MR) is 77.3 cm³/mol. The lowest BCUT2D eigenvalue weighted by molar-refractivity contribution is 0.630. The highest BCUT2D eigenvalue weighted by atomic mass is 19.1. The van der Waals surface area contributed by atoms with E-state index in [1.54, 1.807) is 42.6 Å². The number of nitrogens with zero attached hydrogens (tertiary/aromatic N) is 2. The molecule has 1 heterocycles. The molecule has 1 aromatic heterocycles. The van der Waals surface area contributed by atoms with Crippen molar-refractivity contribution in [3.8, 4) is 22.6 Å². The second kappa shape index (κ2) is 5.09. The van der Waals surface area contributed by atoms with Crippen molar-refractivity contribution in [1.82, 2.24) is 9.97 Å². The summed E-state index contributed by atoms with van der Waals surface area (Å²) >= 11 is 0. The maximum atomic E-state index is 13.8. The molecule has 98 valence electrons. The van der Waals surface area contributed by atoms with E-state index in [0.717, 1.165) is 5.56 Å². The fourth-order valence-electron chi connectivity index (χ4n) is 1.95. The van der Waals surface area contributed by atoms with Gasteiger partial charge in [-0.2, -0.15) is 0 Å². The van der Waals surface area contributed by atoms with Crippen LogP contribution in [0.1, 0.15) is 0 Å². The maximum absolute atomic E-state index is 13.8. The minimum absolute atomic E-state index is 0.297. The molecule has 2 aromatic carbocycles. The molecule has 0 aliphatic carbocycles. The number of halogens is 1. The minimum Gasteiger partial charge on any atom is -0.399 e. The van der Waals surface area contributed by atoms with Gasteiger partial charge >= 0.3 is 0 Å². The summed E-state index contributed by atoms with van der Waals surface area (Å²) in [6.45, 7) is 0. The van der Waals surface area contributed by atoms with Crippen molar-refractivity contribution >= 4 is 5.69 Å². The molecule has 0 atom stereocenters. The smallest absolute Gasteiger partial charge is 0.159 e. The first-order valence-electron chi connectivity index (χ1n) is 6.18. The van der Waals surface area contributed by atoms with E-state index in [1.165, 1.54) is 6.07 Å². The summed E-state index contributed by atoms with van der Waals surface area (Å²) in [5.74, 6) is 0.250. The number of hydrogen-bond donors (Lipinski definition) is 1. The average Bonchev–Trinajstić information content (AvgIpc) is 2.49. The molecule has 3 nitrogen and oxygen atoms in total. The molecule has 0 amide bonds. The summed E-state index contributed by atoms with van der Waals surface area (Å²) in [4.78, 5) is 8.63. The van der Waals surface area contributed by atoms with Gasteiger partial charge in [0.05, 0.1) is 5.69 Å². The van der Waals surface area contributed by atoms with E-state index in [4.69, 9.17) is 5.73 Å². The van der Waals surface area contributed by atoms with Crippen LogP contribution in [0, 0.1) is 5.82 Å². The Morgan fingerprint density at radius 1 is 0.900 bits per heavy atom. The van der Waals surface area contributed by atoms with Gasteiger partial charge < -0.3 is 5.73 Å². The molecule has 0 unspecified atom stereocenters. The van der Waals surface area contributed by atoms with E-state index in [2.05, 4.69) is 9.97 Å². The monoisotopic (exact) mass is 265 g/mol. The summed E-state index contributed by atoms with van der Waals surface area (Å²) < 4.78 is 13.8. The fourth-order valence-corrected chi connectivity index (χ4v) is 1.95. The van der Waals surface area contributed by atoms with Crippen molar-refractivity contribution in [2.75, 3.05) is 5.73 Å². The normalized spacial score (nSPS) is 10.4. The predicted octanol–water partition coefficient (Wildman–Crippen LogP) is 3.53. The van der Waals surface area contributed by atoms with Crippen LogP contribution in [0.25, 0.3) is 22.6 Å². The highest BCUT2D eigenvalue weighted by Crippen LogP contribution is 2.23. The summed E-state index contributed by atoms with van der Waals surface area (Å²) in [7, 11) is 0. The number of nitrogen functional groups attached to an aromatic ring is 1. The van der Waals surface area contributed by atoms with Crippen molar-refractivity contribution in [3.05, 3.63) is 66.6 Å². The fraction of sp³-hybridized carbons (Fsp3) is 0. The Labute approximate surface area is 115 Å². The number of hydrogen-bond acceptors (Lipinski definition) is 3. The van der Waals surface area contributed by atoms with E-state index >= 15 is 0 Å². The molecule has 0 aliphatic heterocycles. The van der Waals surface area contributed by atoms with Gasteiger partial charge in [0.1, 0.15) is 5.82 Å². The van der Waals surface area contributed by atoms with Gasteiger partial charge in [0.2, 0.25) is 0 Å². The Morgan fingerprint density at radius 3 is 2.40 bits per heavy atom. The summed E-state index contributed by atoms with van der Waals surface area (Å²) in [6.07, 6.45) is 1.63. The quantitative estimate of drug-likeness (QED) is 0.721. The Kier molecular flexibility index (Phi) is 3.13. The van der Waals surface area contributed by atoms with Gasteiger partial charge in [-0.3, -0.25) is 0 Å². The highest BCUT2D eigenvalue weighted by molar-refractivity contribution is 5.64. The van der Waals surface area contributed by atoms with Crippen LogP contribution < -0.4 is 5.73 Å². The van der Waals surface area contributed by atoms with Crippen LogP contribution in [0.5, 0.6) is 0 Å². The van der Waals surface area contributed by atoms with E-state index in [-0.39, 0.29) is 5.82 Å². The van der Waals surface area contributed by atoms with Gasteiger partial charge in [-0.1, -0.05) is 12.1 Å². The van der Waals surface area contributed by atoms with Crippen LogP contribution in [-0.4, -0.2) is 9.97 Å². The Bertz CT molecular complexity index is 739. The Balaban J connectivity index is 2.06. The first kappa shape index (κ1) is 12.3. The van der Waals surface area contributed by atoms with Gasteiger partial charge in [-0.15, -0.1) is 0 Å².